The number of fused-ring (bicyclic) bond motifs is 1. The number of carbonyl (C=O) groups excluding carboxylic acids is 1. The number of halogens is 1. The molecule has 5 nitrogen and oxygen atoms in total. The van der Waals surface area contributed by atoms with Crippen LogP contribution in [-0.4, -0.2) is 46.2 Å². The second-order valence-electron chi connectivity index (χ2n) is 8.59. The maximum absolute atomic E-state index is 14.1. The summed E-state index contributed by atoms with van der Waals surface area (Å²) in [6.07, 6.45) is 5.04. The summed E-state index contributed by atoms with van der Waals surface area (Å²) >= 11 is 0. The number of hydrogen-bond acceptors (Lipinski definition) is 4. The zero-order valence-corrected chi connectivity index (χ0v) is 16.0. The minimum atomic E-state index is -1.48. The zero-order chi connectivity index (χ0) is 19.1. The summed E-state index contributed by atoms with van der Waals surface area (Å²) < 4.78 is 14.1. The van der Waals surface area contributed by atoms with Crippen molar-refractivity contribution in [3.05, 3.63) is 17.8 Å². The lowest BCUT2D eigenvalue weighted by Crippen LogP contribution is -2.42. The molecule has 2 heterocycles. The van der Waals surface area contributed by atoms with Gasteiger partial charge in [0.2, 0.25) is 7.28 Å². The first kappa shape index (κ1) is 19.0. The molecule has 140 valence electrons. The molecule has 0 aromatic carbocycles. The van der Waals surface area contributed by atoms with E-state index in [1.54, 1.807) is 6.07 Å². The molecule has 1 aliphatic carbocycles. The third kappa shape index (κ3) is 4.14. The van der Waals surface area contributed by atoms with E-state index in [1.165, 1.54) is 20.0 Å². The molecule has 0 bridgehead atoms. The molecule has 0 unspecified atom stereocenters. The number of aliphatic hydroxyl groups is 1. The zero-order valence-electron chi connectivity index (χ0n) is 16.0. The molecule has 7 heteroatoms. The van der Waals surface area contributed by atoms with E-state index in [2.05, 4.69) is 15.3 Å². The molecule has 0 saturated heterocycles. The first-order valence-corrected chi connectivity index (χ1v) is 9.33. The Morgan fingerprint density at radius 3 is 2.50 bits per heavy atom. The molecule has 0 atom stereocenters. The fourth-order valence-corrected chi connectivity index (χ4v) is 3.76. The maximum Gasteiger partial charge on any atom is 0.253 e. The van der Waals surface area contributed by atoms with E-state index in [-0.39, 0.29) is 17.9 Å². The van der Waals surface area contributed by atoms with E-state index in [9.17, 15) is 14.3 Å². The lowest BCUT2D eigenvalue weighted by atomic mass is 9.63. The highest BCUT2D eigenvalue weighted by molar-refractivity contribution is 6.89. The first-order chi connectivity index (χ1) is 12.0. The summed E-state index contributed by atoms with van der Waals surface area (Å²) in [7, 11) is 0.393. The van der Waals surface area contributed by atoms with Crippen molar-refractivity contribution in [2.75, 3.05) is 0 Å². The summed E-state index contributed by atoms with van der Waals surface area (Å²) in [5.41, 5.74) is -0.420. The average molecular weight is 359 g/mol. The molecule has 3 rings (SSSR count). The number of nitrogens with zero attached hydrogens (tertiary/aromatic N) is 2. The molecule has 2 aliphatic rings. The molecule has 0 radical (unpaired) electrons. The number of aromatic nitrogens is 1. The Morgan fingerprint density at radius 2 is 1.92 bits per heavy atom. The van der Waals surface area contributed by atoms with E-state index in [1.807, 2.05) is 13.8 Å². The third-order valence-electron chi connectivity index (χ3n) is 5.55. The summed E-state index contributed by atoms with van der Waals surface area (Å²) in [5, 5.41) is 13.2. The lowest BCUT2D eigenvalue weighted by molar-refractivity contribution is -0.00257. The quantitative estimate of drug-likeness (QED) is 0.808. The molecular weight excluding hydrogens is 332 g/mol. The van der Waals surface area contributed by atoms with Crippen LogP contribution < -0.4 is 10.8 Å². The predicted molar refractivity (Wildman–Crippen MR) is 103 cm³/mol. The Kier molecular flexibility index (Phi) is 4.95. The van der Waals surface area contributed by atoms with E-state index in [0.717, 1.165) is 31.1 Å². The minimum Gasteiger partial charge on any atom is -0.390 e. The fourth-order valence-electron chi connectivity index (χ4n) is 3.76. The Hall–Kier alpha value is -1.76. The number of rotatable bonds is 4. The van der Waals surface area contributed by atoms with Gasteiger partial charge in [-0.25, -0.2) is 14.4 Å². The highest BCUT2D eigenvalue weighted by Gasteiger charge is 2.33. The smallest absolute Gasteiger partial charge is 0.253 e. The molecule has 1 fully saturated rings. The van der Waals surface area contributed by atoms with Gasteiger partial charge in [-0.3, -0.25) is 4.79 Å². The van der Waals surface area contributed by atoms with Crippen LogP contribution in [-0.2, 0) is 0 Å². The van der Waals surface area contributed by atoms with Crippen molar-refractivity contribution in [3.63, 3.8) is 0 Å². The monoisotopic (exact) mass is 359 g/mol. The maximum atomic E-state index is 14.1. The number of carbonyl (C=O) groups is 1. The molecule has 1 aromatic heterocycles. The van der Waals surface area contributed by atoms with Crippen LogP contribution in [0.3, 0.4) is 0 Å². The van der Waals surface area contributed by atoms with Gasteiger partial charge in [0, 0.05) is 17.8 Å². The standard InChI is InChI=1S/C19H27BFN3O2/c1-18(2,21)17-20-14-9-11(10-22-15(14)24-17)16(25)23-13-7-5-12(6-8-13)19(3,4)26/h9-10,12-13,20,26H,5-8H2,1-4H3,(H,23,25). The van der Waals surface area contributed by atoms with Crippen molar-refractivity contribution in [1.82, 2.24) is 10.3 Å². The number of amides is 1. The van der Waals surface area contributed by atoms with Gasteiger partial charge in [0.15, 0.2) is 0 Å². The van der Waals surface area contributed by atoms with Crippen molar-refractivity contribution in [2.24, 2.45) is 10.9 Å². The van der Waals surface area contributed by atoms with Crippen LogP contribution in [0.5, 0.6) is 0 Å². The number of hydrogen-bond donors (Lipinski definition) is 2. The van der Waals surface area contributed by atoms with E-state index >= 15 is 0 Å². The summed E-state index contributed by atoms with van der Waals surface area (Å²) in [5.74, 6) is 0.630. The van der Waals surface area contributed by atoms with Crippen LogP contribution >= 0.6 is 0 Å². The SMILES string of the molecule is CC(C)(F)C1=Nc2ncc(C(=O)NC3CCC(C(C)(C)O)CC3)cc2B1. The van der Waals surface area contributed by atoms with Crippen molar-refractivity contribution in [1.29, 1.82) is 0 Å². The molecule has 26 heavy (non-hydrogen) atoms. The summed E-state index contributed by atoms with van der Waals surface area (Å²) in [6.45, 7) is 6.66. The third-order valence-corrected chi connectivity index (χ3v) is 5.55. The molecule has 1 aromatic rings. The highest BCUT2D eigenvalue weighted by Crippen LogP contribution is 2.32. The van der Waals surface area contributed by atoms with Gasteiger partial charge >= 0.3 is 0 Å². The molecule has 1 aliphatic heterocycles. The first-order valence-electron chi connectivity index (χ1n) is 9.33. The van der Waals surface area contributed by atoms with Crippen LogP contribution in [0.25, 0.3) is 0 Å². The van der Waals surface area contributed by atoms with E-state index < -0.39 is 11.3 Å². The summed E-state index contributed by atoms with van der Waals surface area (Å²) in [4.78, 5) is 21.0. The average Bonchev–Trinajstić information content (AvgIpc) is 2.98. The van der Waals surface area contributed by atoms with Crippen LogP contribution in [0.2, 0.25) is 0 Å². The summed E-state index contributed by atoms with van der Waals surface area (Å²) in [6, 6.07) is 1.88. The van der Waals surface area contributed by atoms with Gasteiger partial charge in [0.25, 0.3) is 5.91 Å². The number of pyridine rings is 1. The molecule has 0 spiro atoms. The minimum absolute atomic E-state index is 0.117. The van der Waals surface area contributed by atoms with Gasteiger partial charge in [-0.05, 0) is 70.8 Å². The van der Waals surface area contributed by atoms with Gasteiger partial charge in [-0.2, -0.15) is 0 Å². The van der Waals surface area contributed by atoms with Gasteiger partial charge in [0.1, 0.15) is 11.5 Å². The van der Waals surface area contributed by atoms with Crippen LogP contribution in [0.15, 0.2) is 17.3 Å². The van der Waals surface area contributed by atoms with Crippen molar-refractivity contribution in [2.45, 2.75) is 70.7 Å². The fraction of sp³-hybridized carbons (Fsp3) is 0.632. The topological polar surface area (TPSA) is 74.6 Å². The van der Waals surface area contributed by atoms with E-state index in [4.69, 9.17) is 0 Å². The van der Waals surface area contributed by atoms with E-state index in [0.29, 0.717) is 24.3 Å². The number of aliphatic imine (C=N–C) groups is 1. The van der Waals surface area contributed by atoms with Crippen LogP contribution in [0.1, 0.15) is 63.7 Å². The van der Waals surface area contributed by atoms with Gasteiger partial charge in [-0.1, -0.05) is 0 Å². The van der Waals surface area contributed by atoms with Crippen molar-refractivity contribution < 1.29 is 14.3 Å². The molecule has 2 N–H and O–H groups in total. The number of alkyl halides is 1. The van der Waals surface area contributed by atoms with Crippen molar-refractivity contribution in [3.8, 4) is 0 Å². The Labute approximate surface area is 154 Å². The molecular formula is C19H27BFN3O2. The lowest BCUT2D eigenvalue weighted by Gasteiger charge is -2.36. The second-order valence-corrected chi connectivity index (χ2v) is 8.59. The Bertz CT molecular complexity index is 729. The molecule has 1 saturated carbocycles. The normalized spacial score (nSPS) is 23.1. The van der Waals surface area contributed by atoms with Gasteiger partial charge in [0.05, 0.1) is 11.2 Å². The van der Waals surface area contributed by atoms with Crippen LogP contribution in [0, 0.1) is 5.92 Å². The second kappa shape index (κ2) is 6.76. The van der Waals surface area contributed by atoms with Gasteiger partial charge < -0.3 is 10.4 Å². The van der Waals surface area contributed by atoms with Gasteiger partial charge in [-0.15, -0.1) is 0 Å². The number of nitrogens with one attached hydrogen (secondary N) is 1. The predicted octanol–water partition coefficient (Wildman–Crippen LogP) is 1.99. The Morgan fingerprint density at radius 1 is 1.27 bits per heavy atom. The molecule has 1 amide bonds. The van der Waals surface area contributed by atoms with Crippen LogP contribution in [0.4, 0.5) is 10.2 Å². The highest BCUT2D eigenvalue weighted by atomic mass is 19.1. The largest absolute Gasteiger partial charge is 0.390 e. The van der Waals surface area contributed by atoms with Crippen molar-refractivity contribution >= 4 is 30.1 Å². The Balaban J connectivity index is 1.60.